The van der Waals surface area contributed by atoms with E-state index in [9.17, 15) is 19.5 Å². The number of rotatable bonds is 10. The molecule has 0 aliphatic carbocycles. The van der Waals surface area contributed by atoms with Gasteiger partial charge in [-0.15, -0.1) is 0 Å². The van der Waals surface area contributed by atoms with E-state index in [4.69, 9.17) is 4.74 Å². The van der Waals surface area contributed by atoms with Crippen molar-refractivity contribution in [2.45, 2.75) is 90.0 Å². The summed E-state index contributed by atoms with van der Waals surface area (Å²) in [6.07, 6.45) is 4.03. The second-order valence-electron chi connectivity index (χ2n) is 10.5. The van der Waals surface area contributed by atoms with Gasteiger partial charge in [-0.05, 0) is 38.0 Å². The minimum Gasteiger partial charge on any atom is -0.394 e. The first-order valence-corrected chi connectivity index (χ1v) is 12.2. The molecule has 8 heteroatoms. The highest BCUT2D eigenvalue weighted by atomic mass is 16.5. The molecule has 3 fully saturated rings. The SMILES string of the molecule is CCCCCNC(=O)C1N([C@@H](CO)CC(C)C)C(=O)[C@@H]2[C@H](C(=O)NC)[C@@]3(C)OC12CC3C. The molecule has 182 valence electrons. The van der Waals surface area contributed by atoms with Crippen LogP contribution in [0, 0.1) is 23.7 Å². The molecule has 3 aliphatic rings. The summed E-state index contributed by atoms with van der Waals surface area (Å²) < 4.78 is 6.61. The van der Waals surface area contributed by atoms with Crippen molar-refractivity contribution < 1.29 is 24.2 Å². The Morgan fingerprint density at radius 1 is 1.28 bits per heavy atom. The Morgan fingerprint density at radius 3 is 2.53 bits per heavy atom. The van der Waals surface area contributed by atoms with Crippen molar-refractivity contribution in [2.24, 2.45) is 23.7 Å². The molecule has 0 radical (unpaired) electrons. The first kappa shape index (κ1) is 25.0. The smallest absolute Gasteiger partial charge is 0.245 e. The molecule has 3 amide bonds. The third-order valence-electron chi connectivity index (χ3n) is 7.96. The van der Waals surface area contributed by atoms with Gasteiger partial charge in [-0.2, -0.15) is 0 Å². The molecule has 3 saturated heterocycles. The molecule has 2 bridgehead atoms. The minimum atomic E-state index is -1.05. The maximum atomic E-state index is 13.9. The van der Waals surface area contributed by atoms with Crippen LogP contribution in [-0.4, -0.2) is 71.2 Å². The summed E-state index contributed by atoms with van der Waals surface area (Å²) in [6, 6.07) is -1.35. The highest BCUT2D eigenvalue weighted by Gasteiger charge is 2.80. The lowest BCUT2D eigenvalue weighted by molar-refractivity contribution is -0.151. The zero-order valence-corrected chi connectivity index (χ0v) is 20.4. The Morgan fingerprint density at radius 2 is 1.97 bits per heavy atom. The van der Waals surface area contributed by atoms with Crippen molar-refractivity contribution in [3.63, 3.8) is 0 Å². The van der Waals surface area contributed by atoms with Gasteiger partial charge in [-0.1, -0.05) is 40.5 Å². The fourth-order valence-electron chi connectivity index (χ4n) is 6.43. The van der Waals surface area contributed by atoms with Gasteiger partial charge in [0.05, 0.1) is 30.1 Å². The predicted octanol–water partition coefficient (Wildman–Crippen LogP) is 1.46. The van der Waals surface area contributed by atoms with Crippen LogP contribution in [0.25, 0.3) is 0 Å². The number of likely N-dealkylation sites (tertiary alicyclic amines) is 1. The average molecular weight is 452 g/mol. The van der Waals surface area contributed by atoms with E-state index < -0.39 is 35.1 Å². The summed E-state index contributed by atoms with van der Waals surface area (Å²) in [5.41, 5.74) is -1.86. The van der Waals surface area contributed by atoms with Crippen molar-refractivity contribution in [2.75, 3.05) is 20.2 Å². The van der Waals surface area contributed by atoms with E-state index in [2.05, 4.69) is 17.6 Å². The molecule has 0 aromatic carbocycles. The second-order valence-corrected chi connectivity index (χ2v) is 10.5. The van der Waals surface area contributed by atoms with Gasteiger partial charge in [-0.3, -0.25) is 14.4 Å². The van der Waals surface area contributed by atoms with E-state index in [1.807, 2.05) is 27.7 Å². The molecular formula is C24H41N3O5. The van der Waals surface area contributed by atoms with Crippen LogP contribution in [0.4, 0.5) is 0 Å². The Bertz CT molecular complexity index is 743. The highest BCUT2D eigenvalue weighted by Crippen LogP contribution is 2.65. The van der Waals surface area contributed by atoms with Crippen LogP contribution < -0.4 is 10.6 Å². The monoisotopic (exact) mass is 451 g/mol. The summed E-state index contributed by atoms with van der Waals surface area (Å²) in [5.74, 6) is -1.86. The Labute approximate surface area is 191 Å². The van der Waals surface area contributed by atoms with Crippen LogP contribution in [0.5, 0.6) is 0 Å². The van der Waals surface area contributed by atoms with Crippen LogP contribution in [0.2, 0.25) is 0 Å². The van der Waals surface area contributed by atoms with Gasteiger partial charge in [0.15, 0.2) is 0 Å². The summed E-state index contributed by atoms with van der Waals surface area (Å²) in [4.78, 5) is 42.0. The molecular weight excluding hydrogens is 410 g/mol. The molecule has 1 spiro atoms. The van der Waals surface area contributed by atoms with Gasteiger partial charge in [0, 0.05) is 13.6 Å². The number of unbranched alkanes of at least 4 members (excludes halogenated alkanes) is 2. The fourth-order valence-corrected chi connectivity index (χ4v) is 6.43. The first-order chi connectivity index (χ1) is 15.1. The normalized spacial score (nSPS) is 36.5. The number of nitrogens with zero attached hydrogens (tertiary/aromatic N) is 1. The first-order valence-electron chi connectivity index (χ1n) is 12.2. The van der Waals surface area contributed by atoms with Gasteiger partial charge in [0.2, 0.25) is 17.7 Å². The Hall–Kier alpha value is -1.67. The predicted molar refractivity (Wildman–Crippen MR) is 121 cm³/mol. The summed E-state index contributed by atoms with van der Waals surface area (Å²) >= 11 is 0. The lowest BCUT2D eigenvalue weighted by Gasteiger charge is -2.37. The largest absolute Gasteiger partial charge is 0.394 e. The number of ether oxygens (including phenoxy) is 1. The summed E-state index contributed by atoms with van der Waals surface area (Å²) in [7, 11) is 1.57. The molecule has 0 aromatic heterocycles. The van der Waals surface area contributed by atoms with Gasteiger partial charge in [0.1, 0.15) is 11.6 Å². The van der Waals surface area contributed by atoms with E-state index in [1.165, 1.54) is 0 Å². The zero-order valence-electron chi connectivity index (χ0n) is 20.4. The number of fused-ring (bicyclic) bond motifs is 1. The van der Waals surface area contributed by atoms with Crippen molar-refractivity contribution in [1.82, 2.24) is 15.5 Å². The molecule has 7 atom stereocenters. The molecule has 0 aromatic rings. The van der Waals surface area contributed by atoms with Crippen LogP contribution in [0.3, 0.4) is 0 Å². The van der Waals surface area contributed by atoms with Crippen LogP contribution >= 0.6 is 0 Å². The number of hydrogen-bond donors (Lipinski definition) is 3. The second kappa shape index (κ2) is 9.29. The molecule has 8 nitrogen and oxygen atoms in total. The quantitative estimate of drug-likeness (QED) is 0.436. The maximum Gasteiger partial charge on any atom is 0.245 e. The number of carbonyl (C=O) groups is 3. The lowest BCUT2D eigenvalue weighted by Crippen LogP contribution is -2.58. The number of aliphatic hydroxyl groups excluding tert-OH is 1. The van der Waals surface area contributed by atoms with E-state index >= 15 is 0 Å². The third kappa shape index (κ3) is 3.73. The number of nitrogens with one attached hydrogen (secondary N) is 2. The Balaban J connectivity index is 2.04. The number of hydrogen-bond acceptors (Lipinski definition) is 5. The molecule has 32 heavy (non-hydrogen) atoms. The van der Waals surface area contributed by atoms with Crippen molar-refractivity contribution in [1.29, 1.82) is 0 Å². The van der Waals surface area contributed by atoms with Gasteiger partial charge < -0.3 is 25.4 Å². The molecule has 3 N–H and O–H groups in total. The van der Waals surface area contributed by atoms with Crippen LogP contribution in [-0.2, 0) is 19.1 Å². The standard InChI is InChI=1S/C24H41N3O5/c1-7-8-9-10-26-21(30)19-24-12-15(4)23(5,32-24)17(20(29)25-6)18(24)22(31)27(19)16(13-28)11-14(2)3/h14-19,28H,7-13H2,1-6H3,(H,25,29)(H,26,30)/t15?,16-,17-,18+,19?,23+,24?/m1/s1. The molecule has 3 unspecified atom stereocenters. The van der Waals surface area contributed by atoms with Gasteiger partial charge >= 0.3 is 0 Å². The lowest BCUT2D eigenvalue weighted by atomic mass is 9.62. The van der Waals surface area contributed by atoms with Crippen LogP contribution in [0.1, 0.15) is 66.7 Å². The van der Waals surface area contributed by atoms with Gasteiger partial charge in [-0.25, -0.2) is 0 Å². The average Bonchev–Trinajstić information content (AvgIpc) is 3.25. The molecule has 3 aliphatic heterocycles. The van der Waals surface area contributed by atoms with Crippen molar-refractivity contribution in [3.8, 4) is 0 Å². The topological polar surface area (TPSA) is 108 Å². The highest BCUT2D eigenvalue weighted by molar-refractivity contribution is 5.99. The minimum absolute atomic E-state index is 0.0156. The molecule has 3 rings (SSSR count). The molecule has 3 heterocycles. The summed E-state index contributed by atoms with van der Waals surface area (Å²) in [6.45, 7) is 10.4. The number of amides is 3. The van der Waals surface area contributed by atoms with E-state index in [-0.39, 0.29) is 36.2 Å². The van der Waals surface area contributed by atoms with Crippen LogP contribution in [0.15, 0.2) is 0 Å². The molecule has 0 saturated carbocycles. The van der Waals surface area contributed by atoms with Gasteiger partial charge in [0.25, 0.3) is 0 Å². The van der Waals surface area contributed by atoms with E-state index in [0.29, 0.717) is 19.4 Å². The number of aliphatic hydroxyl groups is 1. The van der Waals surface area contributed by atoms with E-state index in [1.54, 1.807) is 11.9 Å². The zero-order chi connectivity index (χ0) is 23.8. The summed E-state index contributed by atoms with van der Waals surface area (Å²) in [5, 5.41) is 15.9. The fraction of sp³-hybridized carbons (Fsp3) is 0.875. The Kier molecular flexibility index (Phi) is 7.25. The van der Waals surface area contributed by atoms with Crippen molar-refractivity contribution >= 4 is 17.7 Å². The maximum absolute atomic E-state index is 13.9. The van der Waals surface area contributed by atoms with Crippen molar-refractivity contribution in [3.05, 3.63) is 0 Å². The number of carbonyl (C=O) groups excluding carboxylic acids is 3. The van der Waals surface area contributed by atoms with E-state index in [0.717, 1.165) is 19.3 Å². The third-order valence-corrected chi connectivity index (χ3v) is 7.96.